The summed E-state index contributed by atoms with van der Waals surface area (Å²) in [6.45, 7) is 6.08. The maximum absolute atomic E-state index is 13.3. The van der Waals surface area contributed by atoms with Crippen molar-refractivity contribution >= 4 is 51.6 Å². The first-order valence-corrected chi connectivity index (χ1v) is 11.7. The highest BCUT2D eigenvalue weighted by atomic mass is 35.5. The second-order valence-corrected chi connectivity index (χ2v) is 8.53. The number of aryl methyl sites for hydroxylation is 1. The average Bonchev–Trinajstić information content (AvgIpc) is 3.20. The van der Waals surface area contributed by atoms with Crippen LogP contribution in [0.1, 0.15) is 28.5 Å². The smallest absolute Gasteiger partial charge is 0.328 e. The van der Waals surface area contributed by atoms with Gasteiger partial charge >= 0.3 is 11.8 Å². The van der Waals surface area contributed by atoms with Crippen molar-refractivity contribution in [2.24, 2.45) is 0 Å². The first kappa shape index (κ1) is 24.8. The molecule has 1 heterocycles. The van der Waals surface area contributed by atoms with Gasteiger partial charge in [0.05, 0.1) is 17.8 Å². The Morgan fingerprint density at radius 1 is 0.889 bits per heavy atom. The molecule has 0 atom stereocenters. The molecule has 9 heteroatoms. The van der Waals surface area contributed by atoms with Crippen LogP contribution in [0.4, 0.5) is 11.4 Å². The number of rotatable bonds is 6. The van der Waals surface area contributed by atoms with Gasteiger partial charge in [0.15, 0.2) is 0 Å². The maximum Gasteiger partial charge on any atom is 0.328 e. The summed E-state index contributed by atoms with van der Waals surface area (Å²) in [6, 6.07) is 19.0. The third-order valence-corrected chi connectivity index (χ3v) is 5.94. The fourth-order valence-electron chi connectivity index (χ4n) is 3.73. The van der Waals surface area contributed by atoms with Crippen LogP contribution in [0.2, 0.25) is 5.02 Å². The standard InChI is InChI=1S/C27H25ClN4O4/c1-4-36-24-11-6-5-9-21(24)30-26(34)27(35)31-32-22-13-12-19(28)14-18(22)15-23(32)25(33)29-20-10-7-8-16(2)17(20)3/h5-15H,4H2,1-3H3,(H,29,33)(H,30,34)(H,31,35). The number of hydrogen-bond donors (Lipinski definition) is 3. The molecule has 8 nitrogen and oxygen atoms in total. The van der Waals surface area contributed by atoms with Crippen molar-refractivity contribution in [1.82, 2.24) is 4.68 Å². The minimum absolute atomic E-state index is 0.129. The van der Waals surface area contributed by atoms with E-state index in [1.54, 1.807) is 54.6 Å². The third-order valence-electron chi connectivity index (χ3n) is 5.70. The number of amides is 3. The van der Waals surface area contributed by atoms with Crippen LogP contribution in [0.25, 0.3) is 10.9 Å². The van der Waals surface area contributed by atoms with E-state index in [2.05, 4.69) is 16.1 Å². The van der Waals surface area contributed by atoms with Gasteiger partial charge in [0.1, 0.15) is 11.4 Å². The van der Waals surface area contributed by atoms with Gasteiger partial charge in [-0.2, -0.15) is 0 Å². The Bertz CT molecular complexity index is 1480. The van der Waals surface area contributed by atoms with Crippen LogP contribution in [0, 0.1) is 13.8 Å². The van der Waals surface area contributed by atoms with E-state index >= 15 is 0 Å². The van der Waals surface area contributed by atoms with Gasteiger partial charge in [-0.05, 0) is 74.4 Å². The zero-order valence-electron chi connectivity index (χ0n) is 20.0. The molecule has 3 N–H and O–H groups in total. The van der Waals surface area contributed by atoms with Crippen molar-refractivity contribution in [3.05, 3.63) is 88.6 Å². The van der Waals surface area contributed by atoms with E-state index in [0.29, 0.717) is 39.7 Å². The third kappa shape index (κ3) is 5.18. The Hall–Kier alpha value is -4.30. The number of aromatic nitrogens is 1. The van der Waals surface area contributed by atoms with E-state index in [9.17, 15) is 14.4 Å². The molecule has 0 bridgehead atoms. The van der Waals surface area contributed by atoms with E-state index < -0.39 is 17.7 Å². The number of hydrogen-bond acceptors (Lipinski definition) is 4. The Kier molecular flexibility index (Phi) is 7.26. The van der Waals surface area contributed by atoms with Crippen LogP contribution in [0.3, 0.4) is 0 Å². The number of nitrogens with one attached hydrogen (secondary N) is 3. The first-order valence-electron chi connectivity index (χ1n) is 11.3. The largest absolute Gasteiger partial charge is 0.492 e. The lowest BCUT2D eigenvalue weighted by atomic mass is 10.1. The number of ether oxygens (including phenoxy) is 1. The molecule has 1 aromatic heterocycles. The zero-order valence-corrected chi connectivity index (χ0v) is 20.8. The lowest BCUT2D eigenvalue weighted by Gasteiger charge is -2.15. The summed E-state index contributed by atoms with van der Waals surface area (Å²) >= 11 is 6.14. The van der Waals surface area contributed by atoms with Crippen molar-refractivity contribution in [2.45, 2.75) is 20.8 Å². The molecular weight excluding hydrogens is 480 g/mol. The molecule has 3 amide bonds. The van der Waals surface area contributed by atoms with Crippen LogP contribution in [-0.2, 0) is 9.59 Å². The van der Waals surface area contributed by atoms with Crippen molar-refractivity contribution in [1.29, 1.82) is 0 Å². The number of fused-ring (bicyclic) bond motifs is 1. The van der Waals surface area contributed by atoms with E-state index in [1.807, 2.05) is 32.9 Å². The predicted octanol–water partition coefficient (Wildman–Crippen LogP) is 5.27. The number of halogens is 1. The van der Waals surface area contributed by atoms with Crippen molar-refractivity contribution < 1.29 is 19.1 Å². The molecular formula is C27H25ClN4O4. The number of para-hydroxylation sites is 2. The molecule has 0 aliphatic carbocycles. The second-order valence-electron chi connectivity index (χ2n) is 8.09. The van der Waals surface area contributed by atoms with E-state index in [1.165, 1.54) is 4.68 Å². The molecule has 0 spiro atoms. The minimum atomic E-state index is -0.963. The van der Waals surface area contributed by atoms with Crippen LogP contribution >= 0.6 is 11.6 Å². The fraction of sp³-hybridized carbons (Fsp3) is 0.148. The van der Waals surface area contributed by atoms with Crippen LogP contribution in [0.15, 0.2) is 66.7 Å². The summed E-state index contributed by atoms with van der Waals surface area (Å²) in [6.07, 6.45) is 0. The molecule has 0 fully saturated rings. The summed E-state index contributed by atoms with van der Waals surface area (Å²) < 4.78 is 6.78. The number of anilines is 2. The van der Waals surface area contributed by atoms with Crippen LogP contribution < -0.4 is 20.8 Å². The molecule has 4 rings (SSSR count). The van der Waals surface area contributed by atoms with Gasteiger partial charge in [0.25, 0.3) is 5.91 Å². The van der Waals surface area contributed by atoms with Crippen LogP contribution in [-0.4, -0.2) is 29.0 Å². The minimum Gasteiger partial charge on any atom is -0.492 e. The summed E-state index contributed by atoms with van der Waals surface area (Å²) in [5.41, 5.74) is 6.12. The molecule has 184 valence electrons. The van der Waals surface area contributed by atoms with E-state index in [0.717, 1.165) is 11.1 Å². The van der Waals surface area contributed by atoms with Crippen molar-refractivity contribution in [3.8, 4) is 5.75 Å². The number of benzene rings is 3. The van der Waals surface area contributed by atoms with Gasteiger partial charge in [-0.1, -0.05) is 35.9 Å². The van der Waals surface area contributed by atoms with Gasteiger partial charge in [0.2, 0.25) is 0 Å². The molecule has 3 aromatic carbocycles. The predicted molar refractivity (Wildman–Crippen MR) is 141 cm³/mol. The summed E-state index contributed by atoms with van der Waals surface area (Å²) in [5.74, 6) is -1.90. The van der Waals surface area contributed by atoms with Crippen molar-refractivity contribution in [2.75, 3.05) is 22.7 Å². The van der Waals surface area contributed by atoms with Gasteiger partial charge in [-0.3, -0.25) is 19.8 Å². The lowest BCUT2D eigenvalue weighted by molar-refractivity contribution is -0.133. The number of nitrogens with zero attached hydrogens (tertiary/aromatic N) is 1. The monoisotopic (exact) mass is 504 g/mol. The topological polar surface area (TPSA) is 101 Å². The van der Waals surface area contributed by atoms with E-state index in [-0.39, 0.29) is 5.69 Å². The van der Waals surface area contributed by atoms with Gasteiger partial charge < -0.3 is 15.4 Å². The summed E-state index contributed by atoms with van der Waals surface area (Å²) in [4.78, 5) is 38.9. The maximum atomic E-state index is 13.3. The first-order chi connectivity index (χ1) is 17.3. The number of carbonyl (C=O) groups is 3. The lowest BCUT2D eigenvalue weighted by Crippen LogP contribution is -2.36. The van der Waals surface area contributed by atoms with Crippen LogP contribution in [0.5, 0.6) is 5.75 Å². The normalized spacial score (nSPS) is 10.7. The Morgan fingerprint density at radius 3 is 2.42 bits per heavy atom. The molecule has 0 aliphatic rings. The molecule has 0 radical (unpaired) electrons. The SMILES string of the molecule is CCOc1ccccc1NC(=O)C(=O)Nn1c(C(=O)Nc2cccc(C)c2C)cc2cc(Cl)ccc21. The highest BCUT2D eigenvalue weighted by molar-refractivity contribution is 6.42. The highest BCUT2D eigenvalue weighted by Gasteiger charge is 2.22. The molecule has 0 saturated carbocycles. The molecule has 0 saturated heterocycles. The molecule has 0 aliphatic heterocycles. The second kappa shape index (κ2) is 10.5. The fourth-order valence-corrected chi connectivity index (χ4v) is 3.91. The molecule has 4 aromatic rings. The average molecular weight is 505 g/mol. The van der Waals surface area contributed by atoms with Crippen molar-refractivity contribution in [3.63, 3.8) is 0 Å². The number of carbonyl (C=O) groups excluding carboxylic acids is 3. The summed E-state index contributed by atoms with van der Waals surface area (Å²) in [7, 11) is 0. The van der Waals surface area contributed by atoms with Gasteiger partial charge in [0, 0.05) is 16.1 Å². The molecule has 36 heavy (non-hydrogen) atoms. The van der Waals surface area contributed by atoms with Gasteiger partial charge in [-0.15, -0.1) is 0 Å². The van der Waals surface area contributed by atoms with E-state index in [4.69, 9.17) is 16.3 Å². The Labute approximate surface area is 213 Å². The van der Waals surface area contributed by atoms with Gasteiger partial charge in [-0.25, -0.2) is 4.68 Å². The Balaban J connectivity index is 1.63. The molecule has 0 unspecified atom stereocenters. The highest BCUT2D eigenvalue weighted by Crippen LogP contribution is 2.26. The quantitative estimate of drug-likeness (QED) is 0.311. The Morgan fingerprint density at radius 2 is 1.64 bits per heavy atom. The zero-order chi connectivity index (χ0) is 25.8. The summed E-state index contributed by atoms with van der Waals surface area (Å²) in [5, 5.41) is 6.53.